The summed E-state index contributed by atoms with van der Waals surface area (Å²) in [4.78, 5) is 38.2. The van der Waals surface area contributed by atoms with Gasteiger partial charge in [-0.3, -0.25) is 14.9 Å². The van der Waals surface area contributed by atoms with Crippen molar-refractivity contribution in [3.05, 3.63) is 29.8 Å². The van der Waals surface area contributed by atoms with Crippen LogP contribution in [0.2, 0.25) is 0 Å². The number of imide groups is 1. The molecule has 0 bridgehead atoms. The van der Waals surface area contributed by atoms with Gasteiger partial charge in [0.2, 0.25) is 0 Å². The van der Waals surface area contributed by atoms with Gasteiger partial charge >= 0.3 is 6.03 Å². The fourth-order valence-electron chi connectivity index (χ4n) is 3.65. The molecule has 3 unspecified atom stereocenters. The SMILES string of the molecule is CC(Oc1ccccc1C#N)C(=O)N1CCCC(C2(C)NC(=O)NC2=O)C1. The maximum Gasteiger partial charge on any atom is 0.322 e. The van der Waals surface area contributed by atoms with Gasteiger partial charge in [0.15, 0.2) is 6.10 Å². The number of nitrogens with one attached hydrogen (secondary N) is 2. The van der Waals surface area contributed by atoms with Crippen LogP contribution in [0.5, 0.6) is 5.75 Å². The number of nitrogens with zero attached hydrogens (tertiary/aromatic N) is 2. The molecule has 0 saturated carbocycles. The Balaban J connectivity index is 1.69. The third-order valence-electron chi connectivity index (χ3n) is 5.28. The molecule has 3 atom stereocenters. The van der Waals surface area contributed by atoms with Crippen LogP contribution < -0.4 is 15.4 Å². The second kappa shape index (κ2) is 7.27. The second-order valence-corrected chi connectivity index (χ2v) is 7.10. The Hall–Kier alpha value is -3.08. The van der Waals surface area contributed by atoms with E-state index in [1.165, 1.54) is 0 Å². The summed E-state index contributed by atoms with van der Waals surface area (Å²) >= 11 is 0. The zero-order valence-corrected chi connectivity index (χ0v) is 15.3. The van der Waals surface area contributed by atoms with Gasteiger partial charge in [0.1, 0.15) is 17.4 Å². The quantitative estimate of drug-likeness (QED) is 0.773. The number of rotatable bonds is 4. The normalized spacial score (nSPS) is 26.0. The molecule has 1 aromatic rings. The Morgan fingerprint density at radius 1 is 1.41 bits per heavy atom. The summed E-state index contributed by atoms with van der Waals surface area (Å²) in [7, 11) is 0. The lowest BCUT2D eigenvalue weighted by Gasteiger charge is -2.40. The van der Waals surface area contributed by atoms with Crippen molar-refractivity contribution in [3.8, 4) is 11.8 Å². The molecule has 27 heavy (non-hydrogen) atoms. The molecule has 0 aliphatic carbocycles. The average molecular weight is 370 g/mol. The highest BCUT2D eigenvalue weighted by Crippen LogP contribution is 2.30. The van der Waals surface area contributed by atoms with Crippen molar-refractivity contribution < 1.29 is 19.1 Å². The van der Waals surface area contributed by atoms with Crippen LogP contribution in [0.4, 0.5) is 4.79 Å². The number of nitriles is 1. The molecule has 0 aromatic heterocycles. The van der Waals surface area contributed by atoms with Gasteiger partial charge in [-0.15, -0.1) is 0 Å². The number of carbonyl (C=O) groups excluding carboxylic acids is 3. The van der Waals surface area contributed by atoms with Crippen LogP contribution in [0.15, 0.2) is 24.3 Å². The van der Waals surface area contributed by atoms with Crippen molar-refractivity contribution in [1.29, 1.82) is 5.26 Å². The molecular weight excluding hydrogens is 348 g/mol. The summed E-state index contributed by atoms with van der Waals surface area (Å²) < 4.78 is 5.71. The number of para-hydroxylation sites is 1. The molecule has 2 N–H and O–H groups in total. The molecular formula is C19H22N4O4. The van der Waals surface area contributed by atoms with E-state index in [0.29, 0.717) is 24.4 Å². The number of hydrogen-bond acceptors (Lipinski definition) is 5. The van der Waals surface area contributed by atoms with Crippen molar-refractivity contribution in [3.63, 3.8) is 0 Å². The number of urea groups is 1. The van der Waals surface area contributed by atoms with Crippen LogP contribution >= 0.6 is 0 Å². The summed E-state index contributed by atoms with van der Waals surface area (Å²) in [5, 5.41) is 14.1. The van der Waals surface area contributed by atoms with Gasteiger partial charge in [-0.1, -0.05) is 12.1 Å². The standard InChI is InChI=1S/C19H22N4O4/c1-12(27-15-8-4-3-6-13(15)10-20)16(24)23-9-5-7-14(11-23)19(2)17(25)21-18(26)22-19/h3-4,6,8,12,14H,5,7,9,11H2,1-2H3,(H2,21,22,25,26). The molecule has 1 aromatic carbocycles. The van der Waals surface area contributed by atoms with Crippen LogP contribution in [0.25, 0.3) is 0 Å². The van der Waals surface area contributed by atoms with Crippen LogP contribution in [0.3, 0.4) is 0 Å². The first-order valence-electron chi connectivity index (χ1n) is 8.93. The molecule has 2 saturated heterocycles. The minimum atomic E-state index is -1.02. The summed E-state index contributed by atoms with van der Waals surface area (Å²) in [6, 6.07) is 8.30. The number of piperidine rings is 1. The largest absolute Gasteiger partial charge is 0.480 e. The van der Waals surface area contributed by atoms with E-state index in [-0.39, 0.29) is 17.7 Å². The van der Waals surface area contributed by atoms with Gasteiger partial charge in [0.25, 0.3) is 11.8 Å². The molecule has 2 fully saturated rings. The minimum Gasteiger partial charge on any atom is -0.480 e. The smallest absolute Gasteiger partial charge is 0.322 e. The highest BCUT2D eigenvalue weighted by atomic mass is 16.5. The van der Waals surface area contributed by atoms with E-state index >= 15 is 0 Å². The van der Waals surface area contributed by atoms with Crippen LogP contribution in [-0.4, -0.2) is 47.5 Å². The molecule has 2 aliphatic heterocycles. The van der Waals surface area contributed by atoms with E-state index in [0.717, 1.165) is 12.8 Å². The van der Waals surface area contributed by atoms with Crippen molar-refractivity contribution in [2.45, 2.75) is 38.3 Å². The Bertz CT molecular complexity index is 818. The molecule has 2 heterocycles. The van der Waals surface area contributed by atoms with E-state index in [1.807, 2.05) is 6.07 Å². The molecule has 142 valence electrons. The minimum absolute atomic E-state index is 0.180. The monoisotopic (exact) mass is 370 g/mol. The van der Waals surface area contributed by atoms with Gasteiger partial charge in [-0.25, -0.2) is 4.79 Å². The Labute approximate surface area is 157 Å². The first-order valence-corrected chi connectivity index (χ1v) is 8.93. The molecule has 2 aliphatic rings. The van der Waals surface area contributed by atoms with Crippen molar-refractivity contribution in [2.24, 2.45) is 5.92 Å². The third-order valence-corrected chi connectivity index (χ3v) is 5.28. The summed E-state index contributed by atoms with van der Waals surface area (Å²) in [6.45, 7) is 4.26. The summed E-state index contributed by atoms with van der Waals surface area (Å²) in [5.74, 6) is -0.385. The molecule has 0 spiro atoms. The van der Waals surface area contributed by atoms with Gasteiger partial charge in [0.05, 0.1) is 5.56 Å². The molecule has 8 heteroatoms. The lowest BCUT2D eigenvalue weighted by Crippen LogP contribution is -2.57. The Kier molecular flexibility index (Phi) is 5.04. The fourth-order valence-corrected chi connectivity index (χ4v) is 3.65. The van der Waals surface area contributed by atoms with Crippen molar-refractivity contribution in [2.75, 3.05) is 13.1 Å². The number of ether oxygens (including phenoxy) is 1. The van der Waals surface area contributed by atoms with E-state index < -0.39 is 17.7 Å². The number of benzene rings is 1. The van der Waals surface area contributed by atoms with Crippen LogP contribution in [0, 0.1) is 17.2 Å². The van der Waals surface area contributed by atoms with Gasteiger partial charge < -0.3 is 15.0 Å². The number of likely N-dealkylation sites (tertiary alicyclic amines) is 1. The van der Waals surface area contributed by atoms with Gasteiger partial charge in [-0.05, 0) is 38.8 Å². The van der Waals surface area contributed by atoms with E-state index in [9.17, 15) is 14.4 Å². The molecule has 4 amide bonds. The second-order valence-electron chi connectivity index (χ2n) is 7.10. The lowest BCUT2D eigenvalue weighted by molar-refractivity contribution is -0.141. The first-order chi connectivity index (χ1) is 12.8. The van der Waals surface area contributed by atoms with E-state index in [1.54, 1.807) is 43.0 Å². The van der Waals surface area contributed by atoms with Crippen LogP contribution in [-0.2, 0) is 9.59 Å². The lowest BCUT2D eigenvalue weighted by atomic mass is 9.80. The van der Waals surface area contributed by atoms with Crippen molar-refractivity contribution >= 4 is 17.8 Å². The number of amides is 4. The Morgan fingerprint density at radius 2 is 2.15 bits per heavy atom. The van der Waals surface area contributed by atoms with Crippen molar-refractivity contribution in [1.82, 2.24) is 15.5 Å². The zero-order valence-electron chi connectivity index (χ0n) is 15.3. The highest BCUT2D eigenvalue weighted by Gasteiger charge is 2.49. The van der Waals surface area contributed by atoms with Crippen LogP contribution in [0.1, 0.15) is 32.3 Å². The first kappa shape index (κ1) is 18.7. The molecule has 3 rings (SSSR count). The van der Waals surface area contributed by atoms with E-state index in [2.05, 4.69) is 10.6 Å². The highest BCUT2D eigenvalue weighted by molar-refractivity contribution is 6.07. The number of hydrogen-bond donors (Lipinski definition) is 2. The topological polar surface area (TPSA) is 112 Å². The fraction of sp³-hybridized carbons (Fsp3) is 0.474. The third kappa shape index (κ3) is 3.58. The predicted octanol–water partition coefficient (Wildman–Crippen LogP) is 1.16. The summed E-state index contributed by atoms with van der Waals surface area (Å²) in [6.07, 6.45) is 0.704. The molecule has 0 radical (unpaired) electrons. The average Bonchev–Trinajstić information content (AvgIpc) is 2.94. The maximum absolute atomic E-state index is 12.8. The zero-order chi connectivity index (χ0) is 19.6. The van der Waals surface area contributed by atoms with E-state index in [4.69, 9.17) is 10.00 Å². The van der Waals surface area contributed by atoms with Gasteiger partial charge in [-0.2, -0.15) is 5.26 Å². The number of carbonyl (C=O) groups is 3. The predicted molar refractivity (Wildman–Crippen MR) is 95.6 cm³/mol. The van der Waals surface area contributed by atoms with Gasteiger partial charge in [0, 0.05) is 19.0 Å². The summed E-state index contributed by atoms with van der Waals surface area (Å²) in [5.41, 5.74) is -0.653. The Morgan fingerprint density at radius 3 is 2.81 bits per heavy atom. The molecule has 8 nitrogen and oxygen atoms in total. The maximum atomic E-state index is 12.8.